The van der Waals surface area contributed by atoms with Gasteiger partial charge in [0.2, 0.25) is 0 Å². The largest absolute Gasteiger partial charge is 0.385 e. The maximum atomic E-state index is 12.0. The molecular formula is C17H27N3O2. The zero-order valence-electron chi connectivity index (χ0n) is 13.4. The smallest absolute Gasteiger partial charge is 0.319 e. The van der Waals surface area contributed by atoms with E-state index in [1.54, 1.807) is 7.11 Å². The van der Waals surface area contributed by atoms with Crippen molar-refractivity contribution in [2.24, 2.45) is 0 Å². The number of methoxy groups -OCH3 is 1. The zero-order valence-corrected chi connectivity index (χ0v) is 13.4. The molecule has 0 atom stereocenters. The molecule has 122 valence electrons. The Balaban J connectivity index is 1.71. The number of hydrogen-bond acceptors (Lipinski definition) is 3. The minimum absolute atomic E-state index is 0.104. The van der Waals surface area contributed by atoms with Gasteiger partial charge in [0.1, 0.15) is 0 Å². The number of ether oxygens (including phenoxy) is 1. The van der Waals surface area contributed by atoms with Crippen LogP contribution < -0.4 is 16.0 Å². The lowest BCUT2D eigenvalue weighted by Gasteiger charge is -2.22. The Morgan fingerprint density at radius 3 is 2.50 bits per heavy atom. The van der Waals surface area contributed by atoms with Crippen LogP contribution in [0.5, 0.6) is 0 Å². The summed E-state index contributed by atoms with van der Waals surface area (Å²) in [4.78, 5) is 12.0. The van der Waals surface area contributed by atoms with Gasteiger partial charge in [-0.15, -0.1) is 0 Å². The van der Waals surface area contributed by atoms with Crippen LogP contribution in [0.4, 0.5) is 16.2 Å². The molecule has 5 nitrogen and oxygen atoms in total. The van der Waals surface area contributed by atoms with Gasteiger partial charge in [-0.3, -0.25) is 0 Å². The number of carbonyl (C=O) groups excluding carboxylic acids is 1. The van der Waals surface area contributed by atoms with Gasteiger partial charge in [-0.25, -0.2) is 4.79 Å². The molecule has 0 heterocycles. The van der Waals surface area contributed by atoms with Crippen molar-refractivity contribution < 1.29 is 9.53 Å². The highest BCUT2D eigenvalue weighted by Crippen LogP contribution is 2.18. The first-order valence-corrected chi connectivity index (χ1v) is 8.18. The Morgan fingerprint density at radius 2 is 1.82 bits per heavy atom. The van der Waals surface area contributed by atoms with Gasteiger partial charge >= 0.3 is 6.03 Å². The van der Waals surface area contributed by atoms with E-state index in [4.69, 9.17) is 4.74 Å². The highest BCUT2D eigenvalue weighted by molar-refractivity contribution is 5.89. The van der Waals surface area contributed by atoms with E-state index < -0.39 is 0 Å². The molecule has 0 spiro atoms. The van der Waals surface area contributed by atoms with Gasteiger partial charge in [0, 0.05) is 37.7 Å². The summed E-state index contributed by atoms with van der Waals surface area (Å²) in [5, 5.41) is 9.26. The first-order chi connectivity index (χ1) is 10.8. The fourth-order valence-corrected chi connectivity index (χ4v) is 2.72. The van der Waals surface area contributed by atoms with E-state index in [1.165, 1.54) is 19.3 Å². The number of hydrogen-bond donors (Lipinski definition) is 3. The van der Waals surface area contributed by atoms with Crippen LogP contribution in [0.3, 0.4) is 0 Å². The monoisotopic (exact) mass is 305 g/mol. The van der Waals surface area contributed by atoms with Crippen molar-refractivity contribution in [3.8, 4) is 0 Å². The molecule has 0 aliphatic heterocycles. The molecule has 2 amide bonds. The molecule has 1 saturated carbocycles. The summed E-state index contributed by atoms with van der Waals surface area (Å²) in [6.45, 7) is 1.64. The van der Waals surface area contributed by atoms with Gasteiger partial charge in [0.05, 0.1) is 0 Å². The Hall–Kier alpha value is -1.75. The quantitative estimate of drug-likeness (QED) is 0.675. The normalized spacial score (nSPS) is 15.3. The molecule has 1 aromatic carbocycles. The summed E-state index contributed by atoms with van der Waals surface area (Å²) in [5.74, 6) is 0. The molecule has 2 rings (SSSR count). The molecule has 0 bridgehead atoms. The topological polar surface area (TPSA) is 62.4 Å². The zero-order chi connectivity index (χ0) is 15.6. The molecule has 3 N–H and O–H groups in total. The van der Waals surface area contributed by atoms with Gasteiger partial charge in [0.25, 0.3) is 0 Å². The number of benzene rings is 1. The van der Waals surface area contributed by atoms with Crippen LogP contribution in [0, 0.1) is 0 Å². The second-order valence-corrected chi connectivity index (χ2v) is 5.78. The van der Waals surface area contributed by atoms with Crippen molar-refractivity contribution in [2.75, 3.05) is 30.9 Å². The lowest BCUT2D eigenvalue weighted by molar-refractivity contribution is 0.198. The SMILES string of the molecule is COCCCNc1ccc(NC(=O)NC2CCCCC2)cc1. The van der Waals surface area contributed by atoms with Crippen LogP contribution >= 0.6 is 0 Å². The average molecular weight is 305 g/mol. The number of carbonyl (C=O) groups is 1. The lowest BCUT2D eigenvalue weighted by Crippen LogP contribution is -2.38. The summed E-state index contributed by atoms with van der Waals surface area (Å²) in [6.07, 6.45) is 6.89. The van der Waals surface area contributed by atoms with Crippen molar-refractivity contribution in [3.63, 3.8) is 0 Å². The van der Waals surface area contributed by atoms with Crippen LogP contribution in [-0.4, -0.2) is 32.3 Å². The van der Waals surface area contributed by atoms with Crippen LogP contribution in [0.2, 0.25) is 0 Å². The van der Waals surface area contributed by atoms with Crippen molar-refractivity contribution in [2.45, 2.75) is 44.6 Å². The highest BCUT2D eigenvalue weighted by Gasteiger charge is 2.15. The van der Waals surface area contributed by atoms with Gasteiger partial charge < -0.3 is 20.7 Å². The first-order valence-electron chi connectivity index (χ1n) is 8.18. The number of urea groups is 1. The minimum atomic E-state index is -0.104. The van der Waals surface area contributed by atoms with Crippen molar-refractivity contribution in [1.82, 2.24) is 5.32 Å². The lowest BCUT2D eigenvalue weighted by atomic mass is 9.96. The van der Waals surface area contributed by atoms with Crippen LogP contribution in [0.25, 0.3) is 0 Å². The molecule has 0 unspecified atom stereocenters. The summed E-state index contributed by atoms with van der Waals surface area (Å²) >= 11 is 0. The summed E-state index contributed by atoms with van der Waals surface area (Å²) in [6, 6.07) is 8.01. The predicted octanol–water partition coefficient (Wildman–Crippen LogP) is 3.59. The molecule has 0 radical (unpaired) electrons. The number of anilines is 2. The molecular weight excluding hydrogens is 278 g/mol. The first kappa shape index (κ1) is 16.6. The van der Waals surface area contributed by atoms with E-state index in [0.717, 1.165) is 43.8 Å². The van der Waals surface area contributed by atoms with Crippen molar-refractivity contribution in [1.29, 1.82) is 0 Å². The van der Waals surface area contributed by atoms with E-state index in [0.29, 0.717) is 6.04 Å². The van der Waals surface area contributed by atoms with E-state index in [2.05, 4.69) is 16.0 Å². The third kappa shape index (κ3) is 5.93. The van der Waals surface area contributed by atoms with E-state index in [1.807, 2.05) is 24.3 Å². The summed E-state index contributed by atoms with van der Waals surface area (Å²) < 4.78 is 5.01. The van der Waals surface area contributed by atoms with Crippen molar-refractivity contribution >= 4 is 17.4 Å². The fourth-order valence-electron chi connectivity index (χ4n) is 2.72. The Labute approximate surface area is 132 Å². The highest BCUT2D eigenvalue weighted by atomic mass is 16.5. The maximum Gasteiger partial charge on any atom is 0.319 e. The number of amides is 2. The van der Waals surface area contributed by atoms with Gasteiger partial charge in [-0.2, -0.15) is 0 Å². The molecule has 0 aromatic heterocycles. The van der Waals surface area contributed by atoms with Gasteiger partial charge in [-0.1, -0.05) is 19.3 Å². The standard InChI is InChI=1S/C17H27N3O2/c1-22-13-5-12-18-14-8-10-16(11-9-14)20-17(21)19-15-6-3-2-4-7-15/h8-11,15,18H,2-7,12-13H2,1H3,(H2,19,20,21). The molecule has 1 fully saturated rings. The molecule has 22 heavy (non-hydrogen) atoms. The van der Waals surface area contributed by atoms with Crippen molar-refractivity contribution in [3.05, 3.63) is 24.3 Å². The second kappa shape index (κ2) is 9.30. The van der Waals surface area contributed by atoms with Crippen LogP contribution in [-0.2, 0) is 4.74 Å². The van der Waals surface area contributed by atoms with Crippen LogP contribution in [0.15, 0.2) is 24.3 Å². The molecule has 0 saturated heterocycles. The minimum Gasteiger partial charge on any atom is -0.385 e. The molecule has 1 aliphatic rings. The third-order valence-corrected chi connectivity index (χ3v) is 3.94. The number of rotatable bonds is 7. The van der Waals surface area contributed by atoms with E-state index >= 15 is 0 Å². The molecule has 5 heteroatoms. The Morgan fingerprint density at radius 1 is 1.14 bits per heavy atom. The van der Waals surface area contributed by atoms with E-state index in [-0.39, 0.29) is 6.03 Å². The molecule has 1 aliphatic carbocycles. The average Bonchev–Trinajstić information content (AvgIpc) is 2.54. The van der Waals surface area contributed by atoms with E-state index in [9.17, 15) is 4.79 Å². The fraction of sp³-hybridized carbons (Fsp3) is 0.588. The second-order valence-electron chi connectivity index (χ2n) is 5.78. The number of nitrogens with one attached hydrogen (secondary N) is 3. The summed E-state index contributed by atoms with van der Waals surface area (Å²) in [5.41, 5.74) is 1.87. The summed E-state index contributed by atoms with van der Waals surface area (Å²) in [7, 11) is 1.71. The molecule has 1 aromatic rings. The predicted molar refractivity (Wildman–Crippen MR) is 90.5 cm³/mol. The Kier molecular flexibility index (Phi) is 7.03. The van der Waals surface area contributed by atoms with Gasteiger partial charge in [0.15, 0.2) is 0 Å². The van der Waals surface area contributed by atoms with Gasteiger partial charge in [-0.05, 0) is 43.5 Å². The third-order valence-electron chi connectivity index (χ3n) is 3.94. The Bertz CT molecular complexity index is 442. The van der Waals surface area contributed by atoms with Crippen LogP contribution in [0.1, 0.15) is 38.5 Å². The maximum absolute atomic E-state index is 12.0.